The van der Waals surface area contributed by atoms with Crippen molar-refractivity contribution in [1.82, 2.24) is 0 Å². The molecule has 13 heavy (non-hydrogen) atoms. The number of ether oxygens (including phenoxy) is 1. The number of hydrogen-bond donors (Lipinski definition) is 0. The summed E-state index contributed by atoms with van der Waals surface area (Å²) in [4.78, 5) is 0. The van der Waals surface area contributed by atoms with Gasteiger partial charge >= 0.3 is 0 Å². The monoisotopic (exact) mass is 218 g/mol. The van der Waals surface area contributed by atoms with Gasteiger partial charge in [0.25, 0.3) is 0 Å². The molecule has 0 aliphatic rings. The van der Waals surface area contributed by atoms with Gasteiger partial charge in [0.15, 0.2) is 0 Å². The summed E-state index contributed by atoms with van der Waals surface area (Å²) >= 11 is 11.9. The Hall–Kier alpha value is -0.240. The maximum Gasteiger partial charge on any atom is 0.0746 e. The third kappa shape index (κ3) is 3.18. The second-order valence-corrected chi connectivity index (χ2v) is 3.57. The average Bonchev–Trinajstić information content (AvgIpc) is 2.10. The first-order chi connectivity index (χ1) is 6.25. The summed E-state index contributed by atoms with van der Waals surface area (Å²) in [6.45, 7) is 3.29. The highest BCUT2D eigenvalue weighted by atomic mass is 35.5. The van der Waals surface area contributed by atoms with Crippen LogP contribution in [0.15, 0.2) is 18.2 Å². The van der Waals surface area contributed by atoms with Crippen LogP contribution < -0.4 is 0 Å². The zero-order chi connectivity index (χ0) is 9.68. The molecule has 0 radical (unpaired) electrons. The number of benzene rings is 1. The van der Waals surface area contributed by atoms with E-state index >= 15 is 0 Å². The van der Waals surface area contributed by atoms with Gasteiger partial charge in [-0.15, -0.1) is 0 Å². The van der Waals surface area contributed by atoms with E-state index in [9.17, 15) is 0 Å². The van der Waals surface area contributed by atoms with Gasteiger partial charge in [-0.2, -0.15) is 0 Å². The normalized spacial score (nSPS) is 10.4. The number of halogens is 2. The molecule has 0 saturated carbocycles. The molecule has 0 aliphatic carbocycles. The molecule has 3 heteroatoms. The molecule has 0 N–H and O–H groups in total. The van der Waals surface area contributed by atoms with E-state index in [-0.39, 0.29) is 0 Å². The summed E-state index contributed by atoms with van der Waals surface area (Å²) < 4.78 is 5.36. The van der Waals surface area contributed by atoms with Crippen LogP contribution in [0.3, 0.4) is 0 Å². The molecule has 0 aliphatic heterocycles. The van der Waals surface area contributed by atoms with Crippen molar-refractivity contribution < 1.29 is 4.74 Å². The molecule has 0 amide bonds. The van der Waals surface area contributed by atoms with Gasteiger partial charge in [0, 0.05) is 22.2 Å². The highest BCUT2D eigenvalue weighted by Crippen LogP contribution is 2.24. The Morgan fingerprint density at radius 1 is 1.23 bits per heavy atom. The Kier molecular flexibility index (Phi) is 4.57. The van der Waals surface area contributed by atoms with E-state index in [0.717, 1.165) is 18.6 Å². The van der Waals surface area contributed by atoms with Crippen LogP contribution in [0.5, 0.6) is 0 Å². The summed E-state index contributed by atoms with van der Waals surface area (Å²) in [6, 6.07) is 5.46. The van der Waals surface area contributed by atoms with Crippen LogP contribution in [0.1, 0.15) is 18.9 Å². The Balaban J connectivity index is 2.64. The van der Waals surface area contributed by atoms with Crippen LogP contribution in [0.25, 0.3) is 0 Å². The lowest BCUT2D eigenvalue weighted by molar-refractivity contribution is 0.121. The molecular weight excluding hydrogens is 207 g/mol. The lowest BCUT2D eigenvalue weighted by Crippen LogP contribution is -1.95. The van der Waals surface area contributed by atoms with Crippen LogP contribution >= 0.6 is 23.2 Å². The standard InChI is InChI=1S/C10H12Cl2O/c1-2-6-13-7-8-9(11)4-3-5-10(8)12/h3-5H,2,6-7H2,1H3. The van der Waals surface area contributed by atoms with E-state index in [1.54, 1.807) is 0 Å². The van der Waals surface area contributed by atoms with Gasteiger partial charge in [-0.25, -0.2) is 0 Å². The van der Waals surface area contributed by atoms with Crippen LogP contribution in [0.2, 0.25) is 10.0 Å². The predicted octanol–water partition coefficient (Wildman–Crippen LogP) is 3.92. The Morgan fingerprint density at radius 2 is 1.85 bits per heavy atom. The van der Waals surface area contributed by atoms with Crippen molar-refractivity contribution in [2.45, 2.75) is 20.0 Å². The van der Waals surface area contributed by atoms with Gasteiger partial charge < -0.3 is 4.74 Å². The molecule has 72 valence electrons. The van der Waals surface area contributed by atoms with Crippen molar-refractivity contribution in [1.29, 1.82) is 0 Å². The molecule has 1 rings (SSSR count). The smallest absolute Gasteiger partial charge is 0.0746 e. The summed E-state index contributed by atoms with van der Waals surface area (Å²) in [7, 11) is 0. The number of hydrogen-bond acceptors (Lipinski definition) is 1. The molecule has 0 heterocycles. The summed E-state index contributed by atoms with van der Waals surface area (Å²) in [6.07, 6.45) is 1.00. The van der Waals surface area contributed by atoms with E-state index < -0.39 is 0 Å². The minimum atomic E-state index is 0.492. The van der Waals surface area contributed by atoms with E-state index in [4.69, 9.17) is 27.9 Å². The highest BCUT2D eigenvalue weighted by Gasteiger charge is 2.04. The Bertz CT molecular complexity index is 253. The first-order valence-electron chi connectivity index (χ1n) is 4.26. The van der Waals surface area contributed by atoms with Crippen LogP contribution in [-0.2, 0) is 11.3 Å². The topological polar surface area (TPSA) is 9.23 Å². The van der Waals surface area contributed by atoms with Gasteiger partial charge in [0.05, 0.1) is 6.61 Å². The zero-order valence-corrected chi connectivity index (χ0v) is 9.03. The van der Waals surface area contributed by atoms with Crippen molar-refractivity contribution in [3.8, 4) is 0 Å². The molecular formula is C10H12Cl2O. The Morgan fingerprint density at radius 3 is 2.38 bits per heavy atom. The SMILES string of the molecule is CCCOCc1c(Cl)cccc1Cl. The molecule has 0 fully saturated rings. The number of rotatable bonds is 4. The van der Waals surface area contributed by atoms with Crippen molar-refractivity contribution in [2.24, 2.45) is 0 Å². The van der Waals surface area contributed by atoms with Gasteiger partial charge in [-0.3, -0.25) is 0 Å². The minimum absolute atomic E-state index is 0.492. The maximum atomic E-state index is 5.94. The second kappa shape index (κ2) is 5.48. The van der Waals surface area contributed by atoms with Gasteiger partial charge in [-0.05, 0) is 18.6 Å². The quantitative estimate of drug-likeness (QED) is 0.697. The van der Waals surface area contributed by atoms with E-state index in [1.165, 1.54) is 0 Å². The van der Waals surface area contributed by atoms with Crippen LogP contribution in [0, 0.1) is 0 Å². The molecule has 0 unspecified atom stereocenters. The van der Waals surface area contributed by atoms with Gasteiger partial charge in [-0.1, -0.05) is 36.2 Å². The van der Waals surface area contributed by atoms with Crippen LogP contribution in [-0.4, -0.2) is 6.61 Å². The highest BCUT2D eigenvalue weighted by molar-refractivity contribution is 6.35. The molecule has 1 nitrogen and oxygen atoms in total. The molecule has 0 bridgehead atoms. The van der Waals surface area contributed by atoms with Gasteiger partial charge in [0.1, 0.15) is 0 Å². The van der Waals surface area contributed by atoms with Crippen molar-refractivity contribution >= 4 is 23.2 Å². The molecule has 1 aromatic rings. The summed E-state index contributed by atoms with van der Waals surface area (Å²) in [5, 5.41) is 1.34. The van der Waals surface area contributed by atoms with E-state index in [2.05, 4.69) is 6.92 Å². The maximum absolute atomic E-state index is 5.94. The third-order valence-corrected chi connectivity index (χ3v) is 2.36. The lowest BCUT2D eigenvalue weighted by atomic mass is 10.2. The third-order valence-electron chi connectivity index (χ3n) is 1.66. The largest absolute Gasteiger partial charge is 0.377 e. The van der Waals surface area contributed by atoms with Crippen LogP contribution in [0.4, 0.5) is 0 Å². The van der Waals surface area contributed by atoms with E-state index in [0.29, 0.717) is 16.7 Å². The molecule has 0 aromatic heterocycles. The van der Waals surface area contributed by atoms with Crippen molar-refractivity contribution in [2.75, 3.05) is 6.61 Å². The fraction of sp³-hybridized carbons (Fsp3) is 0.400. The zero-order valence-electron chi connectivity index (χ0n) is 7.52. The average molecular weight is 219 g/mol. The fourth-order valence-corrected chi connectivity index (χ4v) is 1.50. The lowest BCUT2D eigenvalue weighted by Gasteiger charge is -2.06. The fourth-order valence-electron chi connectivity index (χ4n) is 0.989. The minimum Gasteiger partial charge on any atom is -0.377 e. The van der Waals surface area contributed by atoms with Crippen molar-refractivity contribution in [3.05, 3.63) is 33.8 Å². The summed E-state index contributed by atoms with van der Waals surface area (Å²) in [5.74, 6) is 0. The summed E-state index contributed by atoms with van der Waals surface area (Å²) in [5.41, 5.74) is 0.874. The molecule has 0 atom stereocenters. The van der Waals surface area contributed by atoms with E-state index in [1.807, 2.05) is 18.2 Å². The van der Waals surface area contributed by atoms with Gasteiger partial charge in [0.2, 0.25) is 0 Å². The molecule has 0 spiro atoms. The first-order valence-corrected chi connectivity index (χ1v) is 5.02. The second-order valence-electron chi connectivity index (χ2n) is 2.75. The van der Waals surface area contributed by atoms with Crippen molar-refractivity contribution in [3.63, 3.8) is 0 Å². The Labute approximate surface area is 88.6 Å². The molecule has 1 aromatic carbocycles. The first kappa shape index (κ1) is 10.8. The molecule has 0 saturated heterocycles. The predicted molar refractivity (Wildman–Crippen MR) is 56.4 cm³/mol.